The summed E-state index contributed by atoms with van der Waals surface area (Å²) in [7, 11) is 2.10. The van der Waals surface area contributed by atoms with E-state index in [1.165, 1.54) is 51.7 Å². The predicted molar refractivity (Wildman–Crippen MR) is 62.8 cm³/mol. The number of rotatable bonds is 5. The van der Waals surface area contributed by atoms with Crippen LogP contribution in [0.1, 0.15) is 32.1 Å². The molecule has 3 fully saturated rings. The first kappa shape index (κ1) is 10.1. The van der Waals surface area contributed by atoms with Gasteiger partial charge in [-0.25, -0.2) is 0 Å². The van der Waals surface area contributed by atoms with Gasteiger partial charge in [0, 0.05) is 19.1 Å². The van der Waals surface area contributed by atoms with Crippen LogP contribution in [0.3, 0.4) is 0 Å². The van der Waals surface area contributed by atoms with Crippen molar-refractivity contribution in [3.05, 3.63) is 0 Å². The topological polar surface area (TPSA) is 15.3 Å². The van der Waals surface area contributed by atoms with Crippen LogP contribution in [0.5, 0.6) is 0 Å². The number of hydrogen-bond acceptors (Lipinski definition) is 2. The van der Waals surface area contributed by atoms with Crippen molar-refractivity contribution >= 4 is 0 Å². The highest BCUT2D eigenvalue weighted by atomic mass is 15.2. The molecule has 2 nitrogen and oxygen atoms in total. The average molecular weight is 208 g/mol. The van der Waals surface area contributed by atoms with Gasteiger partial charge in [0.2, 0.25) is 0 Å². The summed E-state index contributed by atoms with van der Waals surface area (Å²) in [5.74, 6) is 3.30. The minimum absolute atomic E-state index is 0.768. The van der Waals surface area contributed by atoms with E-state index in [9.17, 15) is 0 Å². The van der Waals surface area contributed by atoms with Crippen LogP contribution in [0, 0.1) is 17.8 Å². The third-order valence-corrected chi connectivity index (χ3v) is 4.60. The second-order valence-corrected chi connectivity index (χ2v) is 5.87. The highest BCUT2D eigenvalue weighted by Crippen LogP contribution is 2.49. The summed E-state index contributed by atoms with van der Waals surface area (Å²) in [6, 6.07) is 0.768. The Labute approximate surface area is 93.4 Å². The fraction of sp³-hybridized carbons (Fsp3) is 1.00. The summed E-state index contributed by atoms with van der Waals surface area (Å²) in [6.07, 6.45) is 7.49. The maximum atomic E-state index is 3.42. The molecule has 1 saturated heterocycles. The van der Waals surface area contributed by atoms with E-state index in [1.54, 1.807) is 0 Å². The molecule has 3 aliphatic rings. The first-order valence-electron chi connectivity index (χ1n) is 6.76. The molecule has 1 aliphatic heterocycles. The minimum atomic E-state index is 0.768. The molecule has 1 atom stereocenters. The lowest BCUT2D eigenvalue weighted by Gasteiger charge is -2.23. The van der Waals surface area contributed by atoms with Gasteiger partial charge >= 0.3 is 0 Å². The first-order chi connectivity index (χ1) is 7.36. The predicted octanol–water partition coefficient (Wildman–Crippen LogP) is 1.72. The van der Waals surface area contributed by atoms with Gasteiger partial charge in [-0.05, 0) is 63.5 Å². The molecule has 0 radical (unpaired) electrons. The summed E-state index contributed by atoms with van der Waals surface area (Å²) in [5.41, 5.74) is 0. The molecule has 0 bridgehead atoms. The van der Waals surface area contributed by atoms with Gasteiger partial charge in [0.15, 0.2) is 0 Å². The van der Waals surface area contributed by atoms with Crippen LogP contribution in [0.4, 0.5) is 0 Å². The van der Waals surface area contributed by atoms with Crippen LogP contribution in [-0.4, -0.2) is 37.6 Å². The molecule has 2 heteroatoms. The van der Waals surface area contributed by atoms with Crippen molar-refractivity contribution in [2.75, 3.05) is 26.7 Å². The fourth-order valence-electron chi connectivity index (χ4n) is 3.26. The van der Waals surface area contributed by atoms with E-state index in [2.05, 4.69) is 17.3 Å². The van der Waals surface area contributed by atoms with Crippen LogP contribution >= 0.6 is 0 Å². The Bertz CT molecular complexity index is 209. The quantitative estimate of drug-likeness (QED) is 0.740. The summed E-state index contributed by atoms with van der Waals surface area (Å²) in [6.45, 7) is 4.04. The van der Waals surface area contributed by atoms with Crippen LogP contribution in [0.2, 0.25) is 0 Å². The minimum Gasteiger partial charge on any atom is -0.316 e. The first-order valence-corrected chi connectivity index (χ1v) is 6.76. The summed E-state index contributed by atoms with van der Waals surface area (Å²) in [5, 5.41) is 3.42. The molecule has 86 valence electrons. The maximum Gasteiger partial charge on any atom is 0.0204 e. The van der Waals surface area contributed by atoms with Gasteiger partial charge in [-0.1, -0.05) is 0 Å². The normalized spacial score (nSPS) is 32.8. The Morgan fingerprint density at radius 1 is 1.13 bits per heavy atom. The molecular formula is C13H24N2. The van der Waals surface area contributed by atoms with Gasteiger partial charge in [0.05, 0.1) is 0 Å². The zero-order valence-electron chi connectivity index (χ0n) is 9.91. The number of hydrogen-bond donors (Lipinski definition) is 1. The SMILES string of the molecule is CNC1CCN(CC(C2CC2)C2CC2)C1. The Morgan fingerprint density at radius 2 is 1.80 bits per heavy atom. The molecule has 0 spiro atoms. The van der Waals surface area contributed by atoms with Crippen molar-refractivity contribution in [1.82, 2.24) is 10.2 Å². The highest BCUT2D eigenvalue weighted by molar-refractivity contribution is 4.94. The van der Waals surface area contributed by atoms with Gasteiger partial charge in [0.25, 0.3) is 0 Å². The van der Waals surface area contributed by atoms with Crippen LogP contribution in [0.25, 0.3) is 0 Å². The van der Waals surface area contributed by atoms with Crippen molar-refractivity contribution in [3.63, 3.8) is 0 Å². The standard InChI is InChI=1S/C13H24N2/c1-14-12-6-7-15(8-12)9-13(10-2-3-10)11-4-5-11/h10-14H,2-9H2,1H3. The van der Waals surface area contributed by atoms with Crippen molar-refractivity contribution < 1.29 is 0 Å². The third-order valence-electron chi connectivity index (χ3n) is 4.60. The Balaban J connectivity index is 1.50. The summed E-state index contributed by atoms with van der Waals surface area (Å²) >= 11 is 0. The van der Waals surface area contributed by atoms with E-state index in [1.807, 2.05) is 0 Å². The molecular weight excluding hydrogens is 184 g/mol. The number of nitrogens with zero attached hydrogens (tertiary/aromatic N) is 1. The molecule has 0 aromatic carbocycles. The van der Waals surface area contributed by atoms with Crippen molar-refractivity contribution in [2.24, 2.45) is 17.8 Å². The van der Waals surface area contributed by atoms with Crippen molar-refractivity contribution in [2.45, 2.75) is 38.1 Å². The average Bonchev–Trinajstić information content (AvgIpc) is 3.14. The number of nitrogens with one attached hydrogen (secondary N) is 1. The molecule has 3 rings (SSSR count). The molecule has 1 heterocycles. The van der Waals surface area contributed by atoms with E-state index in [4.69, 9.17) is 0 Å². The van der Waals surface area contributed by atoms with Crippen LogP contribution in [-0.2, 0) is 0 Å². The van der Waals surface area contributed by atoms with Crippen molar-refractivity contribution in [1.29, 1.82) is 0 Å². The van der Waals surface area contributed by atoms with Gasteiger partial charge in [-0.2, -0.15) is 0 Å². The smallest absolute Gasteiger partial charge is 0.0204 e. The third kappa shape index (κ3) is 2.36. The molecule has 1 N–H and O–H groups in total. The summed E-state index contributed by atoms with van der Waals surface area (Å²) in [4.78, 5) is 2.71. The molecule has 1 unspecified atom stereocenters. The molecule has 0 aromatic heterocycles. The molecule has 0 aromatic rings. The van der Waals surface area contributed by atoms with Gasteiger partial charge < -0.3 is 10.2 Å². The molecule has 2 aliphatic carbocycles. The van der Waals surface area contributed by atoms with Gasteiger partial charge in [-0.3, -0.25) is 0 Å². The lowest BCUT2D eigenvalue weighted by Crippen LogP contribution is -2.33. The van der Waals surface area contributed by atoms with Gasteiger partial charge in [0.1, 0.15) is 0 Å². The van der Waals surface area contributed by atoms with E-state index < -0.39 is 0 Å². The molecule has 15 heavy (non-hydrogen) atoms. The van der Waals surface area contributed by atoms with E-state index in [0.29, 0.717) is 0 Å². The van der Waals surface area contributed by atoms with Gasteiger partial charge in [-0.15, -0.1) is 0 Å². The summed E-state index contributed by atoms with van der Waals surface area (Å²) < 4.78 is 0. The Morgan fingerprint density at radius 3 is 2.27 bits per heavy atom. The Kier molecular flexibility index (Phi) is 2.73. The maximum absolute atomic E-state index is 3.42. The zero-order chi connectivity index (χ0) is 10.3. The monoisotopic (exact) mass is 208 g/mol. The number of likely N-dealkylation sites (tertiary alicyclic amines) is 1. The molecule has 2 saturated carbocycles. The Hall–Kier alpha value is -0.0800. The molecule has 0 amide bonds. The zero-order valence-corrected chi connectivity index (χ0v) is 9.91. The lowest BCUT2D eigenvalue weighted by atomic mass is 9.97. The highest BCUT2D eigenvalue weighted by Gasteiger charge is 2.42. The number of likely N-dealkylation sites (N-methyl/N-ethyl adjacent to an activating group) is 1. The van der Waals surface area contributed by atoms with Crippen LogP contribution < -0.4 is 5.32 Å². The van der Waals surface area contributed by atoms with Crippen molar-refractivity contribution in [3.8, 4) is 0 Å². The van der Waals surface area contributed by atoms with Crippen LogP contribution in [0.15, 0.2) is 0 Å². The fourth-order valence-corrected chi connectivity index (χ4v) is 3.26. The van der Waals surface area contributed by atoms with E-state index >= 15 is 0 Å². The van der Waals surface area contributed by atoms with E-state index in [-0.39, 0.29) is 0 Å². The van der Waals surface area contributed by atoms with E-state index in [0.717, 1.165) is 23.8 Å². The second-order valence-electron chi connectivity index (χ2n) is 5.87. The second kappa shape index (κ2) is 4.06. The largest absolute Gasteiger partial charge is 0.316 e. The lowest BCUT2D eigenvalue weighted by molar-refractivity contribution is 0.236.